The molecule has 1 fully saturated rings. The van der Waals surface area contributed by atoms with E-state index in [1.165, 1.54) is 11.9 Å². The molecule has 3 atom stereocenters. The number of nitrogens with zero attached hydrogens (tertiary/aromatic N) is 2. The summed E-state index contributed by atoms with van der Waals surface area (Å²) in [5, 5.41) is 2.56. The quantitative estimate of drug-likeness (QED) is 0.402. The second-order valence-corrected chi connectivity index (χ2v) is 9.83. The lowest BCUT2D eigenvalue weighted by atomic mass is 10.0. The van der Waals surface area contributed by atoms with Crippen molar-refractivity contribution in [1.29, 1.82) is 0 Å². The van der Waals surface area contributed by atoms with Gasteiger partial charge >= 0.3 is 0 Å². The van der Waals surface area contributed by atoms with Gasteiger partial charge in [0.2, 0.25) is 12.3 Å². The van der Waals surface area contributed by atoms with E-state index in [0.29, 0.717) is 35.4 Å². The molecule has 0 radical (unpaired) electrons. The lowest BCUT2D eigenvalue weighted by molar-refractivity contribution is -0.133. The number of hydrogen-bond donors (Lipinski definition) is 1. The van der Waals surface area contributed by atoms with Crippen LogP contribution in [-0.2, 0) is 38.8 Å². The molecule has 9 heteroatoms. The molecule has 0 saturated carbocycles. The number of aldehydes is 1. The molecule has 0 spiro atoms. The maximum Gasteiger partial charge on any atom is 0.242 e. The van der Waals surface area contributed by atoms with Crippen LogP contribution in [0.25, 0.3) is 0 Å². The molecule has 1 heterocycles. The number of likely N-dealkylation sites (N-methyl/N-ethyl adjacent to an activating group) is 1. The lowest BCUT2D eigenvalue weighted by Crippen LogP contribution is -2.45. The molecule has 206 valence electrons. The Morgan fingerprint density at radius 2 is 1.87 bits per heavy atom. The van der Waals surface area contributed by atoms with Crippen molar-refractivity contribution in [1.82, 2.24) is 15.1 Å². The molecular formula is C29H38FN3O5. The molecule has 2 aromatic carbocycles. The van der Waals surface area contributed by atoms with Crippen molar-refractivity contribution in [2.45, 2.75) is 71.6 Å². The van der Waals surface area contributed by atoms with Gasteiger partial charge in [-0.1, -0.05) is 30.3 Å². The Kier molecular flexibility index (Phi) is 10.8. The van der Waals surface area contributed by atoms with Crippen LogP contribution in [0.4, 0.5) is 4.39 Å². The van der Waals surface area contributed by atoms with Gasteiger partial charge in [0.05, 0.1) is 18.8 Å². The summed E-state index contributed by atoms with van der Waals surface area (Å²) in [6, 6.07) is 10.0. The summed E-state index contributed by atoms with van der Waals surface area (Å²) in [6.45, 7) is 8.03. The third kappa shape index (κ3) is 7.61. The predicted octanol–water partition coefficient (Wildman–Crippen LogP) is 3.37. The van der Waals surface area contributed by atoms with E-state index in [2.05, 4.69) is 10.2 Å². The summed E-state index contributed by atoms with van der Waals surface area (Å²) in [6.07, 6.45) is 1.89. The molecule has 0 aromatic heterocycles. The minimum absolute atomic E-state index is 0.0111. The van der Waals surface area contributed by atoms with Crippen molar-refractivity contribution in [2.24, 2.45) is 0 Å². The normalized spacial score (nSPS) is 18.4. The van der Waals surface area contributed by atoms with E-state index in [0.717, 1.165) is 24.9 Å². The standard InChI is InChI=1S/C29H38FN3O5/c1-20-8-5-12-27(25(20)17-33(19-35)26(11-7-13-34)29(36)31-4)37-18-24-10-6-9-23(28(24)30)16-32-14-21(2)38-22(3)15-32/h5-6,8-10,12-13,19,21-22,26H,7,11,14-18H2,1-4H3,(H,31,36). The van der Waals surface area contributed by atoms with Gasteiger partial charge in [-0.3, -0.25) is 14.5 Å². The van der Waals surface area contributed by atoms with E-state index < -0.39 is 6.04 Å². The van der Waals surface area contributed by atoms with Crippen molar-refractivity contribution < 1.29 is 28.2 Å². The first kappa shape index (κ1) is 29.3. The Morgan fingerprint density at radius 1 is 1.18 bits per heavy atom. The molecule has 8 nitrogen and oxygen atoms in total. The van der Waals surface area contributed by atoms with Gasteiger partial charge in [0.25, 0.3) is 0 Å². The van der Waals surface area contributed by atoms with Gasteiger partial charge in [-0.15, -0.1) is 0 Å². The highest BCUT2D eigenvalue weighted by molar-refractivity contribution is 5.83. The zero-order valence-corrected chi connectivity index (χ0v) is 22.6. The Balaban J connectivity index is 1.76. The van der Waals surface area contributed by atoms with Gasteiger partial charge in [-0.25, -0.2) is 4.39 Å². The molecule has 1 saturated heterocycles. The van der Waals surface area contributed by atoms with Gasteiger partial charge in [0, 0.05) is 49.8 Å². The third-order valence-corrected chi connectivity index (χ3v) is 6.78. The Morgan fingerprint density at radius 3 is 2.53 bits per heavy atom. The highest BCUT2D eigenvalue weighted by Gasteiger charge is 2.26. The summed E-state index contributed by atoms with van der Waals surface area (Å²) in [5.41, 5.74) is 2.62. The number of benzene rings is 2. The van der Waals surface area contributed by atoms with Crippen molar-refractivity contribution >= 4 is 18.6 Å². The van der Waals surface area contributed by atoms with Crippen LogP contribution in [0.1, 0.15) is 48.9 Å². The van der Waals surface area contributed by atoms with Crippen molar-refractivity contribution in [3.8, 4) is 5.75 Å². The molecule has 3 unspecified atom stereocenters. The molecule has 2 aromatic rings. The van der Waals surface area contributed by atoms with Crippen molar-refractivity contribution in [3.05, 3.63) is 64.5 Å². The molecule has 0 aliphatic carbocycles. The monoisotopic (exact) mass is 527 g/mol. The smallest absolute Gasteiger partial charge is 0.242 e. The van der Waals surface area contributed by atoms with Gasteiger partial charge in [-0.2, -0.15) is 0 Å². The summed E-state index contributed by atoms with van der Waals surface area (Å²) in [7, 11) is 1.49. The number of ether oxygens (including phenoxy) is 2. The Bertz CT molecular complexity index is 1100. The Hall–Kier alpha value is -3.30. The van der Waals surface area contributed by atoms with E-state index in [9.17, 15) is 14.4 Å². The van der Waals surface area contributed by atoms with Crippen LogP contribution in [0, 0.1) is 12.7 Å². The number of hydrogen-bond acceptors (Lipinski definition) is 6. The SMILES string of the molecule is CNC(=O)C(CCC=O)N(C=O)Cc1c(C)cccc1OCc1cccc(CN2CC(C)OC(C)C2)c1F. The molecular weight excluding hydrogens is 489 g/mol. The van der Waals surface area contributed by atoms with Crippen LogP contribution in [0.5, 0.6) is 5.75 Å². The first-order chi connectivity index (χ1) is 18.3. The molecule has 1 N–H and O–H groups in total. The second kappa shape index (κ2) is 14.0. The zero-order chi connectivity index (χ0) is 27.7. The van der Waals surface area contributed by atoms with Crippen LogP contribution >= 0.6 is 0 Å². The number of nitrogens with one attached hydrogen (secondary N) is 1. The predicted molar refractivity (Wildman–Crippen MR) is 142 cm³/mol. The fraction of sp³-hybridized carbons (Fsp3) is 0.483. The van der Waals surface area contributed by atoms with E-state index in [4.69, 9.17) is 9.47 Å². The molecule has 38 heavy (non-hydrogen) atoms. The minimum Gasteiger partial charge on any atom is -0.488 e. The summed E-state index contributed by atoms with van der Waals surface area (Å²) in [5.74, 6) is -0.141. The first-order valence-corrected chi connectivity index (χ1v) is 13.0. The number of aryl methyl sites for hydroxylation is 1. The van der Waals surface area contributed by atoms with Crippen LogP contribution in [-0.4, -0.2) is 66.8 Å². The van der Waals surface area contributed by atoms with Crippen LogP contribution in [0.15, 0.2) is 36.4 Å². The zero-order valence-electron chi connectivity index (χ0n) is 22.6. The summed E-state index contributed by atoms with van der Waals surface area (Å²) < 4.78 is 27.3. The number of carbonyl (C=O) groups excluding carboxylic acids is 3. The van der Waals surface area contributed by atoms with Crippen molar-refractivity contribution in [3.63, 3.8) is 0 Å². The number of rotatable bonds is 13. The topological polar surface area (TPSA) is 88.2 Å². The number of morpholine rings is 1. The van der Waals surface area contributed by atoms with E-state index in [-0.39, 0.29) is 49.9 Å². The third-order valence-electron chi connectivity index (χ3n) is 6.78. The summed E-state index contributed by atoms with van der Waals surface area (Å²) >= 11 is 0. The van der Waals surface area contributed by atoms with Gasteiger partial charge in [-0.05, 0) is 38.8 Å². The van der Waals surface area contributed by atoms with Crippen LogP contribution < -0.4 is 10.1 Å². The molecule has 2 amide bonds. The largest absolute Gasteiger partial charge is 0.488 e. The molecule has 1 aliphatic heterocycles. The van der Waals surface area contributed by atoms with Gasteiger partial charge < -0.3 is 24.5 Å². The van der Waals surface area contributed by atoms with E-state index in [1.807, 2.05) is 39.0 Å². The average Bonchev–Trinajstić information content (AvgIpc) is 2.89. The first-order valence-electron chi connectivity index (χ1n) is 13.0. The average molecular weight is 528 g/mol. The minimum atomic E-state index is -0.796. The number of halogens is 1. The highest BCUT2D eigenvalue weighted by atomic mass is 19.1. The molecule has 3 rings (SSSR count). The summed E-state index contributed by atoms with van der Waals surface area (Å²) in [4.78, 5) is 38.9. The molecule has 1 aliphatic rings. The fourth-order valence-corrected chi connectivity index (χ4v) is 4.93. The Labute approximate surface area is 224 Å². The number of carbonyl (C=O) groups is 3. The van der Waals surface area contributed by atoms with E-state index in [1.54, 1.807) is 18.2 Å². The lowest BCUT2D eigenvalue weighted by Gasteiger charge is -2.35. The highest BCUT2D eigenvalue weighted by Crippen LogP contribution is 2.27. The van der Waals surface area contributed by atoms with Gasteiger partial charge in [0.1, 0.15) is 30.5 Å². The van der Waals surface area contributed by atoms with Crippen LogP contribution in [0.2, 0.25) is 0 Å². The van der Waals surface area contributed by atoms with Crippen molar-refractivity contribution in [2.75, 3.05) is 20.1 Å². The maximum absolute atomic E-state index is 15.5. The van der Waals surface area contributed by atoms with E-state index >= 15 is 4.39 Å². The molecule has 0 bridgehead atoms. The number of amides is 2. The second-order valence-electron chi connectivity index (χ2n) is 9.83. The van der Waals surface area contributed by atoms with Crippen LogP contribution in [0.3, 0.4) is 0 Å². The fourth-order valence-electron chi connectivity index (χ4n) is 4.93. The van der Waals surface area contributed by atoms with Gasteiger partial charge in [0.15, 0.2) is 0 Å². The maximum atomic E-state index is 15.5.